The molecule has 3 aromatic rings. The third kappa shape index (κ3) is 2.84. The summed E-state index contributed by atoms with van der Waals surface area (Å²) in [6, 6.07) is 4.81. The van der Waals surface area contributed by atoms with Gasteiger partial charge in [0.1, 0.15) is 5.52 Å². The van der Waals surface area contributed by atoms with Gasteiger partial charge in [0.05, 0.1) is 10.6 Å². The zero-order valence-electron chi connectivity index (χ0n) is 17.7. The first kappa shape index (κ1) is 20.2. The van der Waals surface area contributed by atoms with Gasteiger partial charge in [0.15, 0.2) is 21.2 Å². The van der Waals surface area contributed by atoms with Gasteiger partial charge in [0, 0.05) is 56.3 Å². The molecule has 0 spiro atoms. The molecule has 9 heteroatoms. The molecule has 1 amide bonds. The van der Waals surface area contributed by atoms with E-state index in [-0.39, 0.29) is 16.4 Å². The predicted octanol–water partition coefficient (Wildman–Crippen LogP) is 2.08. The van der Waals surface area contributed by atoms with E-state index in [2.05, 4.69) is 0 Å². The van der Waals surface area contributed by atoms with Crippen molar-refractivity contribution in [1.29, 1.82) is 0 Å². The van der Waals surface area contributed by atoms with Crippen LogP contribution in [-0.2, 0) is 28.7 Å². The number of hydrogen-bond acceptors (Lipinski definition) is 5. The summed E-state index contributed by atoms with van der Waals surface area (Å²) in [5.41, 5.74) is 0.728. The molecule has 1 aromatic carbocycles. The highest BCUT2D eigenvalue weighted by molar-refractivity contribution is 7.90. The van der Waals surface area contributed by atoms with E-state index < -0.39 is 15.4 Å². The summed E-state index contributed by atoms with van der Waals surface area (Å²) in [6.45, 7) is 3.34. The van der Waals surface area contributed by atoms with E-state index >= 15 is 0 Å². The number of benzene rings is 1. The number of rotatable bonds is 2. The molecule has 30 heavy (non-hydrogen) atoms. The highest BCUT2D eigenvalue weighted by Crippen LogP contribution is 2.46. The number of ether oxygens (including phenoxy) is 1. The number of carbonyl (C=O) groups excluding carboxylic acids is 1. The molecule has 158 valence electrons. The minimum atomic E-state index is -3.57. The standard InChI is InChI=1S/C21H23N3O5S/c1-21(2)20(26)24(5)16-10-12(30(6,27)28)9-14(18(16)29-21)15-11-23(4)19(25)17-13(15)7-8-22(17)3/h7-11H,1-6H3. The lowest BCUT2D eigenvalue weighted by Crippen LogP contribution is -2.51. The molecule has 0 aliphatic carbocycles. The number of fused-ring (bicyclic) bond motifs is 2. The molecule has 3 heterocycles. The lowest BCUT2D eigenvalue weighted by atomic mass is 9.98. The van der Waals surface area contributed by atoms with E-state index in [9.17, 15) is 18.0 Å². The van der Waals surface area contributed by atoms with Gasteiger partial charge >= 0.3 is 0 Å². The molecule has 2 aromatic heterocycles. The maximum atomic E-state index is 12.7. The van der Waals surface area contributed by atoms with Crippen LogP contribution >= 0.6 is 0 Å². The minimum absolute atomic E-state index is 0.0668. The molecule has 0 atom stereocenters. The Labute approximate surface area is 174 Å². The average molecular weight is 429 g/mol. The van der Waals surface area contributed by atoms with Gasteiger partial charge in [0.25, 0.3) is 11.5 Å². The van der Waals surface area contributed by atoms with Gasteiger partial charge in [-0.15, -0.1) is 0 Å². The second-order valence-corrected chi connectivity index (χ2v) is 10.2. The topological polar surface area (TPSA) is 90.6 Å². The summed E-state index contributed by atoms with van der Waals surface area (Å²) in [7, 11) is 1.45. The van der Waals surface area contributed by atoms with Gasteiger partial charge < -0.3 is 18.8 Å². The predicted molar refractivity (Wildman–Crippen MR) is 115 cm³/mol. The first-order chi connectivity index (χ1) is 13.8. The van der Waals surface area contributed by atoms with Crippen LogP contribution in [0, 0.1) is 0 Å². The van der Waals surface area contributed by atoms with Crippen LogP contribution < -0.4 is 15.2 Å². The maximum absolute atomic E-state index is 12.7. The molecule has 0 saturated heterocycles. The normalized spacial score (nSPS) is 15.9. The highest BCUT2D eigenvalue weighted by atomic mass is 32.2. The summed E-state index contributed by atoms with van der Waals surface area (Å²) >= 11 is 0. The van der Waals surface area contributed by atoms with Gasteiger partial charge in [-0.1, -0.05) is 0 Å². The van der Waals surface area contributed by atoms with Crippen molar-refractivity contribution in [2.75, 3.05) is 18.2 Å². The van der Waals surface area contributed by atoms with Gasteiger partial charge in [-0.05, 0) is 32.0 Å². The molecule has 1 aliphatic heterocycles. The molecular formula is C21H23N3O5S. The van der Waals surface area contributed by atoms with Crippen molar-refractivity contribution in [3.05, 3.63) is 40.9 Å². The smallest absolute Gasteiger partial charge is 0.274 e. The largest absolute Gasteiger partial charge is 0.475 e. The van der Waals surface area contributed by atoms with Crippen LogP contribution in [0.15, 0.2) is 40.3 Å². The Morgan fingerprint density at radius 1 is 1.00 bits per heavy atom. The SMILES string of the molecule is CN1C(=O)C(C)(C)Oc2c(-c3cn(C)c(=O)c4c3ccn4C)cc(S(C)(=O)=O)cc21. The van der Waals surface area contributed by atoms with Crippen molar-refractivity contribution in [2.45, 2.75) is 24.3 Å². The number of likely N-dealkylation sites (N-methyl/N-ethyl adjacent to an activating group) is 1. The van der Waals surface area contributed by atoms with Crippen LogP contribution in [0.25, 0.3) is 22.0 Å². The maximum Gasteiger partial charge on any atom is 0.274 e. The third-order valence-electron chi connectivity index (χ3n) is 5.51. The number of hydrogen-bond donors (Lipinski definition) is 0. The molecule has 8 nitrogen and oxygen atoms in total. The van der Waals surface area contributed by atoms with Crippen LogP contribution in [0.5, 0.6) is 5.75 Å². The minimum Gasteiger partial charge on any atom is -0.475 e. The molecule has 0 radical (unpaired) electrons. The fourth-order valence-electron chi connectivity index (χ4n) is 3.89. The lowest BCUT2D eigenvalue weighted by Gasteiger charge is -2.38. The van der Waals surface area contributed by atoms with Crippen LogP contribution in [0.3, 0.4) is 0 Å². The fourth-order valence-corrected chi connectivity index (χ4v) is 4.54. The monoisotopic (exact) mass is 429 g/mol. The summed E-state index contributed by atoms with van der Waals surface area (Å²) in [5.74, 6) is 0.121. The number of sulfone groups is 1. The van der Waals surface area contributed by atoms with Crippen LogP contribution in [-0.4, -0.2) is 42.4 Å². The lowest BCUT2D eigenvalue weighted by molar-refractivity contribution is -0.132. The summed E-state index contributed by atoms with van der Waals surface area (Å²) in [6.07, 6.45) is 4.56. The molecule has 4 rings (SSSR count). The van der Waals surface area contributed by atoms with Crippen LogP contribution in [0.4, 0.5) is 5.69 Å². The van der Waals surface area contributed by atoms with Crippen molar-refractivity contribution < 1.29 is 17.9 Å². The van der Waals surface area contributed by atoms with E-state index in [1.165, 1.54) is 15.5 Å². The zero-order chi connectivity index (χ0) is 22.2. The van der Waals surface area contributed by atoms with Crippen molar-refractivity contribution in [3.63, 3.8) is 0 Å². The van der Waals surface area contributed by atoms with Crippen molar-refractivity contribution in [1.82, 2.24) is 9.13 Å². The Morgan fingerprint density at radius 3 is 2.30 bits per heavy atom. The molecule has 0 N–H and O–H groups in total. The number of aryl methyl sites for hydroxylation is 2. The highest BCUT2D eigenvalue weighted by Gasteiger charge is 2.41. The van der Waals surface area contributed by atoms with Crippen molar-refractivity contribution in [3.8, 4) is 16.9 Å². The van der Waals surface area contributed by atoms with Gasteiger partial charge in [-0.3, -0.25) is 9.59 Å². The Morgan fingerprint density at radius 2 is 1.67 bits per heavy atom. The van der Waals surface area contributed by atoms with Gasteiger partial charge in [0.2, 0.25) is 0 Å². The number of carbonyl (C=O) groups is 1. The summed E-state index contributed by atoms with van der Waals surface area (Å²) < 4.78 is 34.1. The Kier molecular flexibility index (Phi) is 4.19. The Hall–Kier alpha value is -3.07. The number of nitrogens with zero attached hydrogens (tertiary/aromatic N) is 3. The van der Waals surface area contributed by atoms with Gasteiger partial charge in [-0.2, -0.15) is 0 Å². The van der Waals surface area contributed by atoms with E-state index in [1.807, 2.05) is 6.07 Å². The molecule has 0 unspecified atom stereocenters. The summed E-state index contributed by atoms with van der Waals surface area (Å²) in [5, 5.41) is 0.675. The average Bonchev–Trinajstić information content (AvgIpc) is 3.03. The molecule has 1 aliphatic rings. The van der Waals surface area contributed by atoms with E-state index in [0.717, 1.165) is 6.26 Å². The zero-order valence-corrected chi connectivity index (χ0v) is 18.5. The molecule has 0 fully saturated rings. The Bertz CT molecular complexity index is 1400. The fraction of sp³-hybridized carbons (Fsp3) is 0.333. The van der Waals surface area contributed by atoms with Crippen molar-refractivity contribution >= 4 is 32.3 Å². The van der Waals surface area contributed by atoms with E-state index in [1.54, 1.807) is 58.0 Å². The molecule has 0 saturated carbocycles. The van der Waals surface area contributed by atoms with Crippen LogP contribution in [0.2, 0.25) is 0 Å². The van der Waals surface area contributed by atoms with Crippen molar-refractivity contribution in [2.24, 2.45) is 14.1 Å². The third-order valence-corrected chi connectivity index (χ3v) is 6.60. The second-order valence-electron chi connectivity index (χ2n) is 8.22. The van der Waals surface area contributed by atoms with E-state index in [4.69, 9.17) is 4.74 Å². The van der Waals surface area contributed by atoms with Crippen LogP contribution in [0.1, 0.15) is 13.8 Å². The number of pyridine rings is 1. The number of amides is 1. The Balaban J connectivity index is 2.17. The first-order valence-corrected chi connectivity index (χ1v) is 11.2. The number of anilines is 1. The van der Waals surface area contributed by atoms with E-state index in [0.29, 0.717) is 33.5 Å². The molecule has 0 bridgehead atoms. The second kappa shape index (κ2) is 6.21. The number of aromatic nitrogens is 2. The summed E-state index contributed by atoms with van der Waals surface area (Å²) in [4.78, 5) is 26.9. The van der Waals surface area contributed by atoms with Gasteiger partial charge in [-0.25, -0.2) is 8.42 Å². The molecular weight excluding hydrogens is 406 g/mol. The quantitative estimate of drug-likeness (QED) is 0.622. The first-order valence-electron chi connectivity index (χ1n) is 9.33.